The largest absolute Gasteiger partial charge is 0.464 e. The predicted molar refractivity (Wildman–Crippen MR) is 204 cm³/mol. The fourth-order valence-corrected chi connectivity index (χ4v) is 6.38. The van der Waals surface area contributed by atoms with E-state index >= 15 is 0 Å². The summed E-state index contributed by atoms with van der Waals surface area (Å²) in [5, 5.41) is 3.22. The van der Waals surface area contributed by atoms with Crippen LogP contribution in [-0.4, -0.2) is 62.1 Å². The van der Waals surface area contributed by atoms with Crippen LogP contribution in [-0.2, 0) is 23.9 Å². The van der Waals surface area contributed by atoms with Crippen LogP contribution in [0.15, 0.2) is 0 Å². The minimum atomic E-state index is -0.118. The van der Waals surface area contributed by atoms with Gasteiger partial charge in [0.15, 0.2) is 0 Å². The highest BCUT2D eigenvalue weighted by Gasteiger charge is 2.22. The topological polar surface area (TPSA) is 84.9 Å². The van der Waals surface area contributed by atoms with Crippen molar-refractivity contribution in [3.05, 3.63) is 0 Å². The maximum atomic E-state index is 13.2. The second-order valence-electron chi connectivity index (χ2n) is 14.0. The molecule has 0 aliphatic carbocycles. The summed E-state index contributed by atoms with van der Waals surface area (Å²) >= 11 is 0. The zero-order valence-corrected chi connectivity index (χ0v) is 32.6. The molecule has 7 heteroatoms. The lowest BCUT2D eigenvalue weighted by Crippen LogP contribution is -2.39. The van der Waals surface area contributed by atoms with Gasteiger partial charge in [-0.05, 0) is 32.2 Å². The fraction of sp³-hybridized carbons (Fsp3) is 0.927. The molecule has 2 atom stereocenters. The van der Waals surface area contributed by atoms with E-state index in [4.69, 9.17) is 9.47 Å². The van der Waals surface area contributed by atoms with Crippen LogP contribution in [0.5, 0.6) is 0 Å². The average molecular weight is 683 g/mol. The molecule has 0 radical (unpaired) electrons. The number of esters is 2. The Bertz CT molecular complexity index is 703. The Labute approximate surface area is 299 Å². The van der Waals surface area contributed by atoms with Crippen LogP contribution in [0.1, 0.15) is 197 Å². The Morgan fingerprint density at radius 2 is 0.854 bits per heavy atom. The van der Waals surface area contributed by atoms with E-state index in [0.717, 1.165) is 70.8 Å². The Hall–Kier alpha value is -1.63. The highest BCUT2D eigenvalue weighted by atomic mass is 16.5. The number of carbonyl (C=O) groups excluding carboxylic acids is 3. The van der Waals surface area contributed by atoms with Crippen LogP contribution in [0, 0.1) is 11.8 Å². The lowest BCUT2D eigenvalue weighted by Gasteiger charge is -2.24. The van der Waals surface area contributed by atoms with Crippen molar-refractivity contribution in [3.8, 4) is 0 Å². The quantitative estimate of drug-likeness (QED) is 0.0523. The van der Waals surface area contributed by atoms with E-state index in [1.807, 2.05) is 6.92 Å². The monoisotopic (exact) mass is 683 g/mol. The molecule has 0 aromatic carbocycles. The molecule has 0 saturated heterocycles. The normalized spacial score (nSPS) is 12.5. The molecule has 0 aliphatic rings. The van der Waals surface area contributed by atoms with Crippen molar-refractivity contribution in [2.45, 2.75) is 195 Å². The van der Waals surface area contributed by atoms with Crippen LogP contribution >= 0.6 is 0 Å². The molecule has 0 saturated carbocycles. The van der Waals surface area contributed by atoms with E-state index in [0.29, 0.717) is 26.1 Å². The van der Waals surface area contributed by atoms with Gasteiger partial charge in [0, 0.05) is 14.4 Å². The van der Waals surface area contributed by atoms with E-state index < -0.39 is 0 Å². The zero-order chi connectivity index (χ0) is 35.5. The molecule has 0 aromatic heterocycles. The highest BCUT2D eigenvalue weighted by Crippen LogP contribution is 2.22. The smallest absolute Gasteiger partial charge is 0.308 e. The first kappa shape index (κ1) is 46.4. The number of nitrogens with one attached hydrogen (secondary N) is 1. The van der Waals surface area contributed by atoms with Crippen LogP contribution in [0.3, 0.4) is 0 Å². The van der Waals surface area contributed by atoms with Gasteiger partial charge in [0.2, 0.25) is 5.91 Å². The molecule has 0 spiro atoms. The van der Waals surface area contributed by atoms with Gasteiger partial charge in [-0.2, -0.15) is 0 Å². The minimum Gasteiger partial charge on any atom is -0.464 e. The first-order valence-corrected chi connectivity index (χ1v) is 20.8. The van der Waals surface area contributed by atoms with Crippen molar-refractivity contribution < 1.29 is 25.3 Å². The van der Waals surface area contributed by atoms with Gasteiger partial charge >= 0.3 is 11.9 Å². The van der Waals surface area contributed by atoms with Crippen molar-refractivity contribution in [2.24, 2.45) is 11.8 Å². The summed E-state index contributed by atoms with van der Waals surface area (Å²) in [6, 6.07) is 0. The highest BCUT2D eigenvalue weighted by molar-refractivity contribution is 5.76. The summed E-state index contributed by atoms with van der Waals surface area (Å²) in [4.78, 5) is 41.3. The third kappa shape index (κ3) is 27.2. The molecule has 0 bridgehead atoms. The Balaban J connectivity index is 0. The van der Waals surface area contributed by atoms with Gasteiger partial charge in [-0.15, -0.1) is 0 Å². The van der Waals surface area contributed by atoms with Gasteiger partial charge in [-0.1, -0.05) is 163 Å². The number of amides is 1. The molecule has 0 fully saturated rings. The zero-order valence-electron chi connectivity index (χ0n) is 32.6. The Morgan fingerprint density at radius 3 is 1.21 bits per heavy atom. The summed E-state index contributed by atoms with van der Waals surface area (Å²) in [6.45, 7) is 13.3. The number of hydrogen-bond donors (Lipinski definition) is 1. The van der Waals surface area contributed by atoms with Crippen molar-refractivity contribution in [2.75, 3.05) is 39.4 Å². The maximum absolute atomic E-state index is 13.2. The predicted octanol–water partition coefficient (Wildman–Crippen LogP) is 10.8. The van der Waals surface area contributed by atoms with Gasteiger partial charge in [-0.25, -0.2) is 0 Å². The van der Waals surface area contributed by atoms with Gasteiger partial charge < -0.3 is 19.7 Å². The lowest BCUT2D eigenvalue weighted by atomic mass is 9.94. The maximum Gasteiger partial charge on any atom is 0.308 e. The molecule has 7 nitrogen and oxygen atoms in total. The van der Waals surface area contributed by atoms with E-state index in [-0.39, 0.29) is 44.3 Å². The van der Waals surface area contributed by atoms with E-state index in [1.165, 1.54) is 89.9 Å². The first-order valence-electron chi connectivity index (χ1n) is 20.8. The molecule has 1 amide bonds. The summed E-state index contributed by atoms with van der Waals surface area (Å²) in [5.41, 5.74) is 0. The molecule has 2 unspecified atom stereocenters. The fourth-order valence-electron chi connectivity index (χ4n) is 6.38. The second-order valence-corrected chi connectivity index (χ2v) is 14.0. The number of nitrogens with zero attached hydrogens (tertiary/aromatic N) is 1. The number of rotatable bonds is 36. The van der Waals surface area contributed by atoms with Gasteiger partial charge in [0.05, 0.1) is 24.9 Å². The van der Waals surface area contributed by atoms with E-state index in [1.54, 1.807) is 4.90 Å². The Kier molecular flexibility index (Phi) is 34.0. The molecular formula is C41H82N2O5. The molecule has 48 heavy (non-hydrogen) atoms. The first-order chi connectivity index (χ1) is 23.4. The van der Waals surface area contributed by atoms with Crippen molar-refractivity contribution in [1.82, 2.24) is 10.2 Å². The molecular weight excluding hydrogens is 600 g/mol. The minimum absolute atomic E-state index is 0. The van der Waals surface area contributed by atoms with Crippen molar-refractivity contribution in [1.29, 1.82) is 0 Å². The number of hydrogen-bond acceptors (Lipinski definition) is 6. The SMILES string of the molecule is CCCCCCCCC(CCCCCC)C(=O)OCCN(CCOC(=O)C(CCCCCC)CCCCCCCC)C(=O)CCNCC.[HH]. The van der Waals surface area contributed by atoms with Crippen LogP contribution < -0.4 is 5.32 Å². The summed E-state index contributed by atoms with van der Waals surface area (Å²) in [7, 11) is 0. The van der Waals surface area contributed by atoms with Crippen LogP contribution in [0.25, 0.3) is 0 Å². The van der Waals surface area contributed by atoms with E-state index in [9.17, 15) is 14.4 Å². The van der Waals surface area contributed by atoms with E-state index in [2.05, 4.69) is 33.0 Å². The third-order valence-corrected chi connectivity index (χ3v) is 9.62. The molecule has 1 N–H and O–H groups in total. The Morgan fingerprint density at radius 1 is 0.521 bits per heavy atom. The second kappa shape index (κ2) is 35.2. The number of ether oxygens (including phenoxy) is 2. The van der Waals surface area contributed by atoms with Crippen LogP contribution in [0.2, 0.25) is 0 Å². The van der Waals surface area contributed by atoms with Crippen molar-refractivity contribution >= 4 is 17.8 Å². The average Bonchev–Trinajstić information content (AvgIpc) is 3.08. The molecule has 0 heterocycles. The number of unbranched alkanes of at least 4 members (excludes halogenated alkanes) is 16. The molecule has 286 valence electrons. The molecule has 0 aliphatic heterocycles. The summed E-state index contributed by atoms with van der Waals surface area (Å²) in [6.07, 6.45) is 27.6. The van der Waals surface area contributed by atoms with Gasteiger partial charge in [0.1, 0.15) is 13.2 Å². The third-order valence-electron chi connectivity index (χ3n) is 9.62. The van der Waals surface area contributed by atoms with Gasteiger partial charge in [-0.3, -0.25) is 14.4 Å². The lowest BCUT2D eigenvalue weighted by molar-refractivity contribution is -0.152. The number of carbonyl (C=O) groups is 3. The summed E-state index contributed by atoms with van der Waals surface area (Å²) < 4.78 is 11.6. The standard InChI is InChI=1S/C41H80N2O5.H2/c1-6-11-15-19-21-25-29-37(27-23-17-13-8-3)40(45)47-35-33-43(39(44)31-32-42-10-5)34-36-48-41(46)38(28-24-18-14-9-4)30-26-22-20-16-12-7-2;/h37-38,42H,6-36H2,1-5H3;1H. The van der Waals surface area contributed by atoms with Crippen LogP contribution in [0.4, 0.5) is 0 Å². The summed E-state index contributed by atoms with van der Waals surface area (Å²) in [5.74, 6) is -0.366. The molecule has 0 aromatic rings. The molecule has 0 rings (SSSR count). The van der Waals surface area contributed by atoms with Gasteiger partial charge in [0.25, 0.3) is 0 Å². The van der Waals surface area contributed by atoms with Crippen molar-refractivity contribution in [3.63, 3.8) is 0 Å².